The highest BCUT2D eigenvalue weighted by Gasteiger charge is 2.20. The highest BCUT2D eigenvalue weighted by atomic mass is 35.5. The number of carbonyl (C=O) groups is 2. The van der Waals surface area contributed by atoms with E-state index in [0.717, 1.165) is 0 Å². The largest absolute Gasteiger partial charge is 0.359 e. The van der Waals surface area contributed by atoms with Crippen molar-refractivity contribution < 1.29 is 9.59 Å². The summed E-state index contributed by atoms with van der Waals surface area (Å²) in [4.78, 5) is 27.5. The van der Waals surface area contributed by atoms with Gasteiger partial charge >= 0.3 is 0 Å². The van der Waals surface area contributed by atoms with Crippen molar-refractivity contribution >= 4 is 23.3 Å². The van der Waals surface area contributed by atoms with E-state index in [1.165, 1.54) is 4.90 Å². The first kappa shape index (κ1) is 12.8. The molecule has 0 saturated heterocycles. The molecule has 0 spiro atoms. The summed E-state index contributed by atoms with van der Waals surface area (Å²) < 4.78 is 0. The molecule has 0 atom stereocenters. The number of nitrogens with one attached hydrogen (secondary N) is 1. The number of ketones is 1. The standard InChI is InChI=1S/C11H15ClN2O2/c1-8(2)14(11(16)6-12)7-10(15)9-4-3-5-13-9/h3-5,8,13H,6-7H2,1-2H3. The van der Waals surface area contributed by atoms with Gasteiger partial charge in [-0.2, -0.15) is 0 Å². The van der Waals surface area contributed by atoms with Crippen LogP contribution in [0.1, 0.15) is 24.3 Å². The number of rotatable bonds is 5. The maximum Gasteiger partial charge on any atom is 0.238 e. The van der Waals surface area contributed by atoms with E-state index in [4.69, 9.17) is 11.6 Å². The lowest BCUT2D eigenvalue weighted by atomic mass is 10.2. The first-order valence-electron chi connectivity index (χ1n) is 5.08. The van der Waals surface area contributed by atoms with Crippen molar-refractivity contribution in [3.8, 4) is 0 Å². The van der Waals surface area contributed by atoms with Gasteiger partial charge in [-0.15, -0.1) is 11.6 Å². The van der Waals surface area contributed by atoms with Crippen LogP contribution in [0.5, 0.6) is 0 Å². The van der Waals surface area contributed by atoms with Crippen LogP contribution in [0.25, 0.3) is 0 Å². The fourth-order valence-corrected chi connectivity index (χ4v) is 1.53. The summed E-state index contributed by atoms with van der Waals surface area (Å²) in [5.41, 5.74) is 0.507. The second-order valence-corrected chi connectivity index (χ2v) is 4.02. The number of alkyl halides is 1. The lowest BCUT2D eigenvalue weighted by molar-refractivity contribution is -0.129. The van der Waals surface area contributed by atoms with Crippen LogP contribution in [0.3, 0.4) is 0 Å². The molecular weight excluding hydrogens is 228 g/mol. The fourth-order valence-electron chi connectivity index (χ4n) is 1.38. The van der Waals surface area contributed by atoms with E-state index in [-0.39, 0.29) is 30.2 Å². The first-order chi connectivity index (χ1) is 7.56. The quantitative estimate of drug-likeness (QED) is 0.631. The SMILES string of the molecule is CC(C)N(CC(=O)c1ccc[nH]1)C(=O)CCl. The highest BCUT2D eigenvalue weighted by molar-refractivity contribution is 6.27. The number of H-pyrrole nitrogens is 1. The van der Waals surface area contributed by atoms with Crippen LogP contribution in [0.15, 0.2) is 18.3 Å². The van der Waals surface area contributed by atoms with Gasteiger partial charge in [-0.05, 0) is 26.0 Å². The molecular formula is C11H15ClN2O2. The smallest absolute Gasteiger partial charge is 0.238 e. The molecule has 0 aliphatic carbocycles. The van der Waals surface area contributed by atoms with Gasteiger partial charge in [0.2, 0.25) is 5.91 Å². The number of Topliss-reactive ketones (excluding diaryl/α,β-unsaturated/α-hetero) is 1. The molecule has 1 rings (SSSR count). The van der Waals surface area contributed by atoms with E-state index in [2.05, 4.69) is 4.98 Å². The summed E-state index contributed by atoms with van der Waals surface area (Å²) in [6.45, 7) is 3.77. The van der Waals surface area contributed by atoms with Gasteiger partial charge in [0.1, 0.15) is 5.88 Å². The zero-order chi connectivity index (χ0) is 12.1. The lowest BCUT2D eigenvalue weighted by Crippen LogP contribution is -2.41. The van der Waals surface area contributed by atoms with Crippen LogP contribution in [0.2, 0.25) is 0 Å². The number of aromatic amines is 1. The zero-order valence-corrected chi connectivity index (χ0v) is 10.1. The van der Waals surface area contributed by atoms with Gasteiger partial charge in [0.15, 0.2) is 5.78 Å². The minimum atomic E-state index is -0.225. The molecule has 1 amide bonds. The Bertz CT molecular complexity index is 360. The Balaban J connectivity index is 2.69. The zero-order valence-electron chi connectivity index (χ0n) is 9.37. The van der Waals surface area contributed by atoms with Crippen molar-refractivity contribution in [2.45, 2.75) is 19.9 Å². The minimum absolute atomic E-state index is 0.0369. The molecule has 0 aliphatic heterocycles. The Morgan fingerprint density at radius 3 is 2.62 bits per heavy atom. The molecule has 0 saturated carbocycles. The van der Waals surface area contributed by atoms with Crippen LogP contribution in [-0.4, -0.2) is 40.0 Å². The van der Waals surface area contributed by atoms with Gasteiger partial charge in [-0.25, -0.2) is 0 Å². The van der Waals surface area contributed by atoms with Crippen LogP contribution in [-0.2, 0) is 4.79 Å². The number of nitrogens with zero attached hydrogens (tertiary/aromatic N) is 1. The highest BCUT2D eigenvalue weighted by Crippen LogP contribution is 2.04. The van der Waals surface area contributed by atoms with Crippen molar-refractivity contribution in [1.29, 1.82) is 0 Å². The number of hydrogen-bond donors (Lipinski definition) is 1. The Kier molecular flexibility index (Phi) is 4.55. The summed E-state index contributed by atoms with van der Waals surface area (Å²) in [7, 11) is 0. The number of hydrogen-bond acceptors (Lipinski definition) is 2. The average Bonchev–Trinajstić information content (AvgIpc) is 2.77. The minimum Gasteiger partial charge on any atom is -0.359 e. The summed E-state index contributed by atoms with van der Waals surface area (Å²) >= 11 is 5.49. The molecule has 0 fully saturated rings. The molecule has 88 valence electrons. The Labute approximate surface area is 99.6 Å². The predicted octanol–water partition coefficient (Wildman–Crippen LogP) is 1.67. The molecule has 16 heavy (non-hydrogen) atoms. The Hall–Kier alpha value is -1.29. The maximum absolute atomic E-state index is 11.8. The third kappa shape index (κ3) is 3.10. The third-order valence-electron chi connectivity index (χ3n) is 2.27. The van der Waals surface area contributed by atoms with Crippen LogP contribution >= 0.6 is 11.6 Å². The normalized spacial score (nSPS) is 10.5. The third-order valence-corrected chi connectivity index (χ3v) is 2.50. The molecule has 0 aliphatic rings. The fraction of sp³-hybridized carbons (Fsp3) is 0.455. The van der Waals surface area contributed by atoms with Gasteiger partial charge in [0, 0.05) is 12.2 Å². The topological polar surface area (TPSA) is 53.2 Å². The Morgan fingerprint density at radius 1 is 1.50 bits per heavy atom. The maximum atomic E-state index is 11.8. The van der Waals surface area contributed by atoms with E-state index < -0.39 is 0 Å². The molecule has 0 unspecified atom stereocenters. The molecule has 1 N–H and O–H groups in total. The van der Waals surface area contributed by atoms with E-state index in [9.17, 15) is 9.59 Å². The molecule has 5 heteroatoms. The summed E-state index contributed by atoms with van der Waals surface area (Å²) in [5, 5.41) is 0. The monoisotopic (exact) mass is 242 g/mol. The molecule has 1 aromatic rings. The first-order valence-corrected chi connectivity index (χ1v) is 5.61. The lowest BCUT2D eigenvalue weighted by Gasteiger charge is -2.24. The van der Waals surface area contributed by atoms with Gasteiger partial charge in [-0.1, -0.05) is 0 Å². The van der Waals surface area contributed by atoms with Crippen LogP contribution in [0.4, 0.5) is 0 Å². The predicted molar refractivity (Wildman–Crippen MR) is 62.7 cm³/mol. The second kappa shape index (κ2) is 5.70. The Morgan fingerprint density at radius 2 is 2.19 bits per heavy atom. The summed E-state index contributed by atoms with van der Waals surface area (Å²) in [5.74, 6) is -0.440. The summed E-state index contributed by atoms with van der Waals surface area (Å²) in [6, 6.07) is 3.40. The van der Waals surface area contributed by atoms with E-state index in [0.29, 0.717) is 5.69 Å². The molecule has 4 nitrogen and oxygen atoms in total. The van der Waals surface area contributed by atoms with Crippen LogP contribution < -0.4 is 0 Å². The van der Waals surface area contributed by atoms with Crippen molar-refractivity contribution in [2.75, 3.05) is 12.4 Å². The van der Waals surface area contributed by atoms with E-state index in [1.54, 1.807) is 18.3 Å². The molecule has 0 radical (unpaired) electrons. The number of amides is 1. The molecule has 0 bridgehead atoms. The number of halogens is 1. The van der Waals surface area contributed by atoms with Crippen molar-refractivity contribution in [3.63, 3.8) is 0 Å². The van der Waals surface area contributed by atoms with Gasteiger partial charge in [-0.3, -0.25) is 9.59 Å². The average molecular weight is 243 g/mol. The van der Waals surface area contributed by atoms with Gasteiger partial charge in [0.05, 0.1) is 12.2 Å². The molecule has 1 heterocycles. The molecule has 1 aromatic heterocycles. The van der Waals surface area contributed by atoms with Crippen molar-refractivity contribution in [3.05, 3.63) is 24.0 Å². The number of carbonyl (C=O) groups excluding carboxylic acids is 2. The second-order valence-electron chi connectivity index (χ2n) is 3.76. The van der Waals surface area contributed by atoms with Gasteiger partial charge in [0.25, 0.3) is 0 Å². The van der Waals surface area contributed by atoms with Gasteiger partial charge < -0.3 is 9.88 Å². The summed E-state index contributed by atoms with van der Waals surface area (Å²) in [6.07, 6.45) is 1.68. The van der Waals surface area contributed by atoms with Crippen LogP contribution in [0, 0.1) is 0 Å². The number of aromatic nitrogens is 1. The van der Waals surface area contributed by atoms with E-state index >= 15 is 0 Å². The molecule has 0 aromatic carbocycles. The van der Waals surface area contributed by atoms with E-state index in [1.807, 2.05) is 13.8 Å². The van der Waals surface area contributed by atoms with Crippen molar-refractivity contribution in [2.24, 2.45) is 0 Å². The van der Waals surface area contributed by atoms with Crippen molar-refractivity contribution in [1.82, 2.24) is 9.88 Å².